The lowest BCUT2D eigenvalue weighted by Gasteiger charge is -2.03. The molecule has 0 nitrogen and oxygen atoms in total. The molecule has 1 aromatic rings. The highest BCUT2D eigenvalue weighted by atomic mass is 14.0. The summed E-state index contributed by atoms with van der Waals surface area (Å²) in [6.07, 6.45) is 8.26. The summed E-state index contributed by atoms with van der Waals surface area (Å²) in [6, 6.07) is 10.3. The molecule has 0 heterocycles. The van der Waals surface area contributed by atoms with Gasteiger partial charge in [0.1, 0.15) is 0 Å². The van der Waals surface area contributed by atoms with Crippen LogP contribution in [0.2, 0.25) is 0 Å². The summed E-state index contributed by atoms with van der Waals surface area (Å²) in [5.74, 6) is 0. The van der Waals surface area contributed by atoms with Crippen LogP contribution >= 0.6 is 0 Å². The summed E-state index contributed by atoms with van der Waals surface area (Å²) >= 11 is 0. The largest absolute Gasteiger partial charge is 0.0984 e. The molecule has 0 bridgehead atoms. The highest BCUT2D eigenvalue weighted by Gasteiger charge is 1.96. The van der Waals surface area contributed by atoms with E-state index < -0.39 is 0 Å². The van der Waals surface area contributed by atoms with Crippen LogP contribution in [0.5, 0.6) is 0 Å². The lowest BCUT2D eigenvalue weighted by atomic mass is 10.0. The fourth-order valence-electron chi connectivity index (χ4n) is 1.50. The summed E-state index contributed by atoms with van der Waals surface area (Å²) in [4.78, 5) is 0. The number of rotatable bonds is 5. The van der Waals surface area contributed by atoms with Crippen LogP contribution in [0.15, 0.2) is 72.9 Å². The average Bonchev–Trinajstić information content (AvgIpc) is 2.64. The Bertz CT molecular complexity index is 454. The smallest absolute Gasteiger partial charge is 0.0184 e. The number of hydrogen-bond acceptors (Lipinski definition) is 0. The van der Waals surface area contributed by atoms with Crippen molar-refractivity contribution in [3.8, 4) is 0 Å². The van der Waals surface area contributed by atoms with Crippen LogP contribution in [0, 0.1) is 0 Å². The monoisotopic (exact) mass is 328 g/mol. The second-order valence-corrected chi connectivity index (χ2v) is 4.94. The summed E-state index contributed by atoms with van der Waals surface area (Å²) in [5, 5.41) is 0. The Morgan fingerprint density at radius 3 is 1.79 bits per heavy atom. The molecule has 0 aliphatic rings. The minimum atomic E-state index is 1.05. The zero-order valence-corrected chi connectivity index (χ0v) is 17.4. The van der Waals surface area contributed by atoms with Crippen LogP contribution in [0.25, 0.3) is 5.57 Å². The van der Waals surface area contributed by atoms with E-state index >= 15 is 0 Å². The van der Waals surface area contributed by atoms with E-state index in [9.17, 15) is 0 Å². The molecule has 0 aliphatic carbocycles. The van der Waals surface area contributed by atoms with Gasteiger partial charge in [-0.05, 0) is 38.3 Å². The number of allylic oxidation sites excluding steroid dienone is 6. The maximum absolute atomic E-state index is 4.03. The second-order valence-electron chi connectivity index (χ2n) is 4.94. The van der Waals surface area contributed by atoms with Crippen molar-refractivity contribution in [2.75, 3.05) is 0 Å². The molecule has 0 saturated carbocycles. The fourth-order valence-corrected chi connectivity index (χ4v) is 1.50. The molecule has 0 N–H and O–H groups in total. The first-order chi connectivity index (χ1) is 11.5. The fraction of sp³-hybridized carbons (Fsp3) is 0.417. The van der Waals surface area contributed by atoms with Crippen molar-refractivity contribution in [1.29, 1.82) is 0 Å². The first-order valence-corrected chi connectivity index (χ1v) is 9.22. The van der Waals surface area contributed by atoms with Gasteiger partial charge in [-0.15, -0.1) is 0 Å². The van der Waals surface area contributed by atoms with Crippen molar-refractivity contribution < 1.29 is 0 Å². The topological polar surface area (TPSA) is 0 Å². The molecule has 0 atom stereocenters. The molecule has 0 aliphatic heterocycles. The molecule has 1 rings (SSSR count). The van der Waals surface area contributed by atoms with Gasteiger partial charge in [-0.25, -0.2) is 0 Å². The van der Waals surface area contributed by atoms with Crippen LogP contribution in [-0.2, 0) is 0 Å². The zero-order chi connectivity index (χ0) is 19.4. The van der Waals surface area contributed by atoms with Crippen LogP contribution < -0.4 is 0 Å². The predicted molar refractivity (Wildman–Crippen MR) is 116 cm³/mol. The van der Waals surface area contributed by atoms with Crippen molar-refractivity contribution in [3.05, 3.63) is 78.4 Å². The van der Waals surface area contributed by atoms with E-state index in [-0.39, 0.29) is 0 Å². The van der Waals surface area contributed by atoms with Crippen molar-refractivity contribution in [3.63, 3.8) is 0 Å². The maximum atomic E-state index is 4.03. The summed E-state index contributed by atoms with van der Waals surface area (Å²) in [5.41, 5.74) is 4.89. The quantitative estimate of drug-likeness (QED) is 0.375. The SMILES string of the molecule is C=C/C(=C\C(=C)CCC)c1ccccc1.CC.CC.CC=C(C)C. The molecule has 24 heavy (non-hydrogen) atoms. The molecule has 0 unspecified atom stereocenters. The number of benzene rings is 1. The Morgan fingerprint density at radius 1 is 1.00 bits per heavy atom. The molecule has 0 radical (unpaired) electrons. The van der Waals surface area contributed by atoms with Crippen molar-refractivity contribution in [1.82, 2.24) is 0 Å². The van der Waals surface area contributed by atoms with Crippen LogP contribution in [0.1, 0.15) is 73.8 Å². The molecule has 0 spiro atoms. The van der Waals surface area contributed by atoms with Gasteiger partial charge in [0.15, 0.2) is 0 Å². The third-order valence-corrected chi connectivity index (χ3v) is 2.84. The van der Waals surface area contributed by atoms with Gasteiger partial charge in [0.05, 0.1) is 0 Å². The van der Waals surface area contributed by atoms with Crippen LogP contribution in [-0.4, -0.2) is 0 Å². The molecule has 0 saturated heterocycles. The van der Waals surface area contributed by atoms with Gasteiger partial charge in [-0.1, -0.05) is 114 Å². The normalized spacial score (nSPS) is 8.92. The van der Waals surface area contributed by atoms with Gasteiger partial charge in [0.25, 0.3) is 0 Å². The van der Waals surface area contributed by atoms with E-state index in [0.717, 1.165) is 24.0 Å². The molecule has 0 amide bonds. The van der Waals surface area contributed by atoms with E-state index in [4.69, 9.17) is 0 Å². The van der Waals surface area contributed by atoms with E-state index in [1.54, 1.807) is 0 Å². The second kappa shape index (κ2) is 21.2. The minimum absolute atomic E-state index is 1.05. The Labute approximate surface area is 152 Å². The summed E-state index contributed by atoms with van der Waals surface area (Å²) < 4.78 is 0. The third-order valence-electron chi connectivity index (χ3n) is 2.84. The molecule has 0 fully saturated rings. The maximum Gasteiger partial charge on any atom is -0.0184 e. The minimum Gasteiger partial charge on any atom is -0.0984 e. The number of hydrogen-bond donors (Lipinski definition) is 0. The van der Waals surface area contributed by atoms with Gasteiger partial charge in [-0.3, -0.25) is 0 Å². The highest BCUT2D eigenvalue weighted by Crippen LogP contribution is 2.18. The van der Waals surface area contributed by atoms with Crippen LogP contribution in [0.3, 0.4) is 0 Å². The molecular formula is C24H40. The lowest BCUT2D eigenvalue weighted by Crippen LogP contribution is -1.82. The molecule has 1 aromatic carbocycles. The molecule has 0 heteroatoms. The van der Waals surface area contributed by atoms with Gasteiger partial charge in [-0.2, -0.15) is 0 Å². The van der Waals surface area contributed by atoms with Gasteiger partial charge < -0.3 is 0 Å². The van der Waals surface area contributed by atoms with Crippen molar-refractivity contribution in [2.24, 2.45) is 0 Å². The first kappa shape index (κ1) is 27.0. The van der Waals surface area contributed by atoms with E-state index in [1.807, 2.05) is 58.9 Å². The lowest BCUT2D eigenvalue weighted by molar-refractivity contribution is 0.930. The van der Waals surface area contributed by atoms with Crippen molar-refractivity contribution >= 4 is 5.57 Å². The molecular weight excluding hydrogens is 288 g/mol. The molecule has 0 aromatic heterocycles. The average molecular weight is 329 g/mol. The van der Waals surface area contributed by atoms with Crippen molar-refractivity contribution in [2.45, 2.75) is 68.2 Å². The van der Waals surface area contributed by atoms with E-state index in [1.165, 1.54) is 11.1 Å². The third kappa shape index (κ3) is 16.5. The first-order valence-electron chi connectivity index (χ1n) is 9.22. The summed E-state index contributed by atoms with van der Waals surface area (Å²) in [7, 11) is 0. The van der Waals surface area contributed by atoms with E-state index in [0.29, 0.717) is 0 Å². The van der Waals surface area contributed by atoms with Gasteiger partial charge in [0, 0.05) is 0 Å². The molecule has 136 valence electrons. The predicted octanol–water partition coefficient (Wildman–Crippen LogP) is 8.64. The van der Waals surface area contributed by atoms with Crippen LogP contribution in [0.4, 0.5) is 0 Å². The Balaban J connectivity index is -0.000000413. The Hall–Kier alpha value is -1.82. The van der Waals surface area contributed by atoms with E-state index in [2.05, 4.69) is 58.2 Å². The highest BCUT2D eigenvalue weighted by molar-refractivity contribution is 5.75. The summed E-state index contributed by atoms with van der Waals surface area (Å²) in [6.45, 7) is 24.2. The van der Waals surface area contributed by atoms with Gasteiger partial charge >= 0.3 is 0 Å². The van der Waals surface area contributed by atoms with Gasteiger partial charge in [0.2, 0.25) is 0 Å². The standard InChI is InChI=1S/C15H18.C5H10.2C2H6/c1-4-9-13(3)12-14(5-2)15-10-7-6-8-11-15;1-4-5(2)3;2*1-2/h5-8,10-12H,2-4,9H2,1H3;4H,1-3H3;2*1-2H3/b14-12+;;;. The zero-order valence-electron chi connectivity index (χ0n) is 17.4. The Kier molecular flexibility index (Phi) is 23.9. The Morgan fingerprint density at radius 2 is 1.46 bits per heavy atom.